The molecule has 0 unspecified atom stereocenters. The fraction of sp³-hybridized carbons (Fsp3) is 0.333. The number of ether oxygens (including phenoxy) is 2. The van der Waals surface area contributed by atoms with Gasteiger partial charge in [0.2, 0.25) is 11.8 Å². The molecule has 14 heteroatoms. The highest BCUT2D eigenvalue weighted by molar-refractivity contribution is 6.08. The smallest absolute Gasteiger partial charge is 0.490 e. The molecule has 0 fully saturated rings. The van der Waals surface area contributed by atoms with Crippen LogP contribution in [0.1, 0.15) is 16.1 Å². The Labute approximate surface area is 234 Å². The Hall–Kier alpha value is -4.59. The Kier molecular flexibility index (Phi) is 9.60. The van der Waals surface area contributed by atoms with E-state index in [1.807, 2.05) is 67.5 Å². The van der Waals surface area contributed by atoms with Crippen molar-refractivity contribution in [2.45, 2.75) is 12.6 Å². The molecular weight excluding hydrogens is 547 g/mol. The molecule has 4 rings (SSSR count). The summed E-state index contributed by atoms with van der Waals surface area (Å²) in [5.41, 5.74) is 3.55. The molecule has 2 amide bonds. The van der Waals surface area contributed by atoms with Gasteiger partial charge in [0.25, 0.3) is 5.91 Å². The van der Waals surface area contributed by atoms with Crippen molar-refractivity contribution in [1.82, 2.24) is 14.7 Å². The number of carbonyl (C=O) groups is 3. The minimum Gasteiger partial charge on any atom is -0.497 e. The number of halogens is 3. The molecule has 0 saturated carbocycles. The number of fused-ring (bicyclic) bond motifs is 1. The molecule has 0 atom stereocenters. The quantitative estimate of drug-likeness (QED) is 0.455. The fourth-order valence-corrected chi connectivity index (χ4v) is 4.03. The Morgan fingerprint density at radius 1 is 0.976 bits per heavy atom. The lowest BCUT2D eigenvalue weighted by molar-refractivity contribution is -0.192. The van der Waals surface area contributed by atoms with Gasteiger partial charge in [-0.15, -0.1) is 5.10 Å². The minimum atomic E-state index is -5.08. The number of rotatable bonds is 7. The van der Waals surface area contributed by atoms with Gasteiger partial charge in [-0.2, -0.15) is 13.2 Å². The lowest BCUT2D eigenvalue weighted by Gasteiger charge is -2.28. The summed E-state index contributed by atoms with van der Waals surface area (Å²) in [5, 5.41) is 11.7. The Morgan fingerprint density at radius 2 is 1.54 bits per heavy atom. The zero-order chi connectivity index (χ0) is 30.5. The van der Waals surface area contributed by atoms with Gasteiger partial charge in [-0.25, -0.2) is 9.48 Å². The van der Waals surface area contributed by atoms with Gasteiger partial charge in [0.1, 0.15) is 11.4 Å². The summed E-state index contributed by atoms with van der Waals surface area (Å²) in [6.07, 6.45) is -4.47. The van der Waals surface area contributed by atoms with Gasteiger partial charge in [0.15, 0.2) is 0 Å². The molecule has 1 aliphatic heterocycles. The second kappa shape index (κ2) is 12.7. The second-order valence-corrected chi connectivity index (χ2v) is 9.16. The van der Waals surface area contributed by atoms with Crippen LogP contribution in [0.25, 0.3) is 5.69 Å². The molecule has 41 heavy (non-hydrogen) atoms. The predicted molar refractivity (Wildman–Crippen MR) is 144 cm³/mol. The maximum atomic E-state index is 13.6. The molecule has 0 aliphatic carbocycles. The van der Waals surface area contributed by atoms with E-state index in [0.29, 0.717) is 31.1 Å². The number of aromatic nitrogens is 2. The number of carboxylic acids is 1. The number of amides is 2. The van der Waals surface area contributed by atoms with Gasteiger partial charge in [-0.3, -0.25) is 9.59 Å². The normalized spacial score (nSPS) is 12.8. The Bertz CT molecular complexity index is 1390. The molecule has 11 nitrogen and oxygen atoms in total. The number of benzene rings is 2. The zero-order valence-electron chi connectivity index (χ0n) is 23.1. The number of carboxylic acid groups (broad SMARTS) is 1. The molecule has 1 aromatic heterocycles. The summed E-state index contributed by atoms with van der Waals surface area (Å²) < 4.78 is 44.1. The van der Waals surface area contributed by atoms with E-state index in [4.69, 9.17) is 19.4 Å². The van der Waals surface area contributed by atoms with Gasteiger partial charge in [-0.1, -0.05) is 0 Å². The summed E-state index contributed by atoms with van der Waals surface area (Å²) in [6.45, 7) is 0.827. The summed E-state index contributed by atoms with van der Waals surface area (Å²) in [5.74, 6) is -1.74. The summed E-state index contributed by atoms with van der Waals surface area (Å²) in [6, 6.07) is 14.8. The highest BCUT2D eigenvalue weighted by Gasteiger charge is 2.38. The molecular formula is C27H30F3N5O6. The number of hydrogen-bond donors (Lipinski definition) is 1. The Balaban J connectivity index is 0.000000587. The Morgan fingerprint density at radius 3 is 2.02 bits per heavy atom. The summed E-state index contributed by atoms with van der Waals surface area (Å²) in [7, 11) is 8.63. The largest absolute Gasteiger partial charge is 0.497 e. The van der Waals surface area contributed by atoms with E-state index in [1.54, 1.807) is 35.7 Å². The van der Waals surface area contributed by atoms with Crippen LogP contribution in [0.2, 0.25) is 0 Å². The topological polar surface area (TPSA) is 117 Å². The third-order valence-corrected chi connectivity index (χ3v) is 6.11. The number of anilines is 2. The van der Waals surface area contributed by atoms with Crippen LogP contribution >= 0.6 is 0 Å². The summed E-state index contributed by atoms with van der Waals surface area (Å²) in [4.78, 5) is 40.1. The lowest BCUT2D eigenvalue weighted by Crippen LogP contribution is -2.39. The van der Waals surface area contributed by atoms with Crippen molar-refractivity contribution in [3.8, 4) is 17.3 Å². The van der Waals surface area contributed by atoms with Gasteiger partial charge in [0.05, 0.1) is 26.5 Å². The average Bonchev–Trinajstić information content (AvgIpc) is 3.32. The molecule has 0 spiro atoms. The van der Waals surface area contributed by atoms with Crippen LogP contribution in [0, 0.1) is 0 Å². The minimum absolute atomic E-state index is 0.00747. The second-order valence-electron chi connectivity index (χ2n) is 9.16. The number of alkyl halides is 3. The van der Waals surface area contributed by atoms with Gasteiger partial charge in [0, 0.05) is 30.5 Å². The van der Waals surface area contributed by atoms with Crippen molar-refractivity contribution in [3.63, 3.8) is 0 Å². The van der Waals surface area contributed by atoms with Crippen LogP contribution in [0.15, 0.2) is 48.5 Å². The lowest BCUT2D eigenvalue weighted by atomic mass is 10.0. The highest BCUT2D eigenvalue weighted by atomic mass is 19.4. The van der Waals surface area contributed by atoms with Crippen LogP contribution in [0.3, 0.4) is 0 Å². The van der Waals surface area contributed by atoms with Crippen LogP contribution < -0.4 is 19.3 Å². The molecule has 0 bridgehead atoms. The molecule has 2 aromatic carbocycles. The first kappa shape index (κ1) is 30.9. The highest BCUT2D eigenvalue weighted by Crippen LogP contribution is 2.33. The first-order valence-corrected chi connectivity index (χ1v) is 12.2. The van der Waals surface area contributed by atoms with E-state index in [0.717, 1.165) is 28.4 Å². The third-order valence-electron chi connectivity index (χ3n) is 6.11. The third kappa shape index (κ3) is 7.14. The van der Waals surface area contributed by atoms with Crippen molar-refractivity contribution >= 4 is 29.2 Å². The number of methoxy groups -OCH3 is 2. The first-order valence-electron chi connectivity index (χ1n) is 12.2. The van der Waals surface area contributed by atoms with Crippen molar-refractivity contribution in [1.29, 1.82) is 0 Å². The fourth-order valence-electron chi connectivity index (χ4n) is 4.03. The molecule has 1 N–H and O–H groups in total. The number of aliphatic carboxylic acids is 1. The number of hydrogen-bond acceptors (Lipinski definition) is 7. The van der Waals surface area contributed by atoms with Crippen molar-refractivity contribution in [3.05, 3.63) is 59.8 Å². The first-order chi connectivity index (χ1) is 19.3. The van der Waals surface area contributed by atoms with Gasteiger partial charge < -0.3 is 29.3 Å². The van der Waals surface area contributed by atoms with Gasteiger partial charge >= 0.3 is 12.1 Å². The molecule has 0 radical (unpaired) electrons. The van der Waals surface area contributed by atoms with Crippen LogP contribution in [0.4, 0.5) is 24.5 Å². The maximum Gasteiger partial charge on any atom is 0.490 e. The van der Waals surface area contributed by atoms with Crippen LogP contribution in [-0.4, -0.2) is 92.2 Å². The SMILES string of the molecule is COc1ccc(-n2nc(OC)c3c2C(=O)N(c2ccc(N(C)C(=O)CN(C)C)cc2)CC3)cc1.O=C(O)C(F)(F)F. The number of likely N-dealkylation sites (N-methyl/N-ethyl adjacent to an activating group) is 2. The monoisotopic (exact) mass is 577 g/mol. The molecule has 3 aromatic rings. The standard InChI is InChI=1S/C25H29N5O4.C2HF3O2/c1-27(2)16-22(31)28(3)17-6-8-18(9-7-17)29-15-14-21-23(25(29)32)30(26-24(21)34-5)19-10-12-20(33-4)13-11-19;3-2(4,5)1(6)7/h6-13H,14-16H2,1-5H3;(H,6,7). The number of nitrogens with zero attached hydrogens (tertiary/aromatic N) is 5. The van der Waals surface area contributed by atoms with E-state index in [9.17, 15) is 22.8 Å². The average molecular weight is 578 g/mol. The van der Waals surface area contributed by atoms with E-state index >= 15 is 0 Å². The van der Waals surface area contributed by atoms with Crippen molar-refractivity contribution < 1.29 is 42.1 Å². The molecule has 220 valence electrons. The predicted octanol–water partition coefficient (Wildman–Crippen LogP) is 3.25. The van der Waals surface area contributed by atoms with E-state index in [2.05, 4.69) is 5.10 Å². The van der Waals surface area contributed by atoms with Crippen molar-refractivity contribution in [2.24, 2.45) is 0 Å². The maximum absolute atomic E-state index is 13.6. The van der Waals surface area contributed by atoms with E-state index in [1.165, 1.54) is 0 Å². The van der Waals surface area contributed by atoms with Crippen LogP contribution in [0.5, 0.6) is 11.6 Å². The molecule has 1 aliphatic rings. The molecule has 2 heterocycles. The van der Waals surface area contributed by atoms with Gasteiger partial charge in [-0.05, 0) is 69.0 Å². The summed E-state index contributed by atoms with van der Waals surface area (Å²) >= 11 is 0. The zero-order valence-corrected chi connectivity index (χ0v) is 23.1. The van der Waals surface area contributed by atoms with Crippen LogP contribution in [-0.2, 0) is 16.0 Å². The molecule has 0 saturated heterocycles. The van der Waals surface area contributed by atoms with E-state index < -0.39 is 12.1 Å². The van der Waals surface area contributed by atoms with E-state index in [-0.39, 0.29) is 11.8 Å². The number of carbonyl (C=O) groups excluding carboxylic acids is 2. The van der Waals surface area contributed by atoms with Crippen molar-refractivity contribution in [2.75, 3.05) is 58.3 Å².